The van der Waals surface area contributed by atoms with Crippen LogP contribution in [0.2, 0.25) is 0 Å². The molecule has 0 aliphatic rings. The van der Waals surface area contributed by atoms with Crippen molar-refractivity contribution in [3.8, 4) is 0 Å². The lowest BCUT2D eigenvalue weighted by Gasteiger charge is -2.12. The minimum Gasteiger partial charge on any atom is -0.449 e. The topological polar surface area (TPSA) is 81.4 Å². The van der Waals surface area contributed by atoms with Crippen LogP contribution >= 0.6 is 15.9 Å². The third-order valence-electron chi connectivity index (χ3n) is 2.68. The number of nitrogens with zero attached hydrogens (tertiary/aromatic N) is 1. The molecule has 1 heterocycles. The molecule has 0 saturated carbocycles. The summed E-state index contributed by atoms with van der Waals surface area (Å²) >= 11 is 3.09. The van der Waals surface area contributed by atoms with E-state index in [4.69, 9.17) is 9.26 Å². The van der Waals surface area contributed by atoms with E-state index in [0.29, 0.717) is 10.2 Å². The first-order chi connectivity index (χ1) is 10.4. The molecule has 6 nitrogen and oxygen atoms in total. The minimum atomic E-state index is -1.12. The summed E-state index contributed by atoms with van der Waals surface area (Å²) < 4.78 is 23.9. The van der Waals surface area contributed by atoms with Crippen LogP contribution in [0.4, 0.5) is 10.2 Å². The summed E-state index contributed by atoms with van der Waals surface area (Å²) in [7, 11) is 0. The Bertz CT molecular complexity index is 717. The van der Waals surface area contributed by atoms with Crippen molar-refractivity contribution in [3.05, 3.63) is 45.9 Å². The van der Waals surface area contributed by atoms with Crippen LogP contribution in [0.15, 0.2) is 33.3 Å². The Morgan fingerprint density at radius 3 is 2.73 bits per heavy atom. The van der Waals surface area contributed by atoms with Crippen LogP contribution < -0.4 is 5.32 Å². The number of ether oxygens (including phenoxy) is 1. The zero-order valence-corrected chi connectivity index (χ0v) is 13.3. The molecule has 1 aromatic carbocycles. The smallest absolute Gasteiger partial charge is 0.341 e. The molecular weight excluding hydrogens is 359 g/mol. The summed E-state index contributed by atoms with van der Waals surface area (Å²) in [6.07, 6.45) is -1.12. The van der Waals surface area contributed by atoms with Gasteiger partial charge in [0.25, 0.3) is 5.91 Å². The SMILES string of the molecule is Cc1cc(NC(=O)[C@H](C)OC(=O)c2ccc(Br)cc2F)no1. The normalized spacial score (nSPS) is 11.8. The number of carbonyl (C=O) groups excluding carboxylic acids is 2. The monoisotopic (exact) mass is 370 g/mol. The second-order valence-electron chi connectivity index (χ2n) is 4.48. The number of benzene rings is 1. The van der Waals surface area contributed by atoms with Gasteiger partial charge in [0.05, 0.1) is 5.56 Å². The maximum absolute atomic E-state index is 13.6. The van der Waals surface area contributed by atoms with Crippen LogP contribution in [-0.4, -0.2) is 23.1 Å². The van der Waals surface area contributed by atoms with Crippen LogP contribution in [0.1, 0.15) is 23.0 Å². The van der Waals surface area contributed by atoms with E-state index in [1.54, 1.807) is 6.92 Å². The average molecular weight is 371 g/mol. The third kappa shape index (κ3) is 3.91. The second kappa shape index (κ2) is 6.69. The number of hydrogen-bond donors (Lipinski definition) is 1. The number of hydrogen-bond acceptors (Lipinski definition) is 5. The molecule has 0 unspecified atom stereocenters. The largest absolute Gasteiger partial charge is 0.449 e. The van der Waals surface area contributed by atoms with Gasteiger partial charge in [-0.05, 0) is 32.0 Å². The zero-order chi connectivity index (χ0) is 16.3. The highest BCUT2D eigenvalue weighted by Gasteiger charge is 2.22. The lowest BCUT2D eigenvalue weighted by atomic mass is 10.2. The first-order valence-electron chi connectivity index (χ1n) is 6.27. The van der Waals surface area contributed by atoms with E-state index >= 15 is 0 Å². The highest BCUT2D eigenvalue weighted by Crippen LogP contribution is 2.17. The number of aromatic nitrogens is 1. The van der Waals surface area contributed by atoms with Gasteiger partial charge in [0.15, 0.2) is 11.9 Å². The van der Waals surface area contributed by atoms with Gasteiger partial charge in [0.1, 0.15) is 11.6 Å². The van der Waals surface area contributed by atoms with Gasteiger partial charge < -0.3 is 14.6 Å². The molecule has 116 valence electrons. The molecule has 2 aromatic rings. The number of amides is 1. The lowest BCUT2D eigenvalue weighted by Crippen LogP contribution is -2.30. The number of nitrogens with one attached hydrogen (secondary N) is 1. The Hall–Kier alpha value is -2.22. The molecule has 0 bridgehead atoms. The summed E-state index contributed by atoms with van der Waals surface area (Å²) in [6.45, 7) is 3.04. The molecule has 0 fully saturated rings. The molecular formula is C14H12BrFN2O4. The Kier molecular flexibility index (Phi) is 4.92. The van der Waals surface area contributed by atoms with Crippen molar-refractivity contribution in [3.63, 3.8) is 0 Å². The van der Waals surface area contributed by atoms with E-state index in [1.807, 2.05) is 0 Å². The van der Waals surface area contributed by atoms with Crippen molar-refractivity contribution in [1.82, 2.24) is 5.16 Å². The van der Waals surface area contributed by atoms with Gasteiger partial charge in [-0.25, -0.2) is 9.18 Å². The molecule has 1 atom stereocenters. The van der Waals surface area contributed by atoms with E-state index in [0.717, 1.165) is 6.07 Å². The Morgan fingerprint density at radius 1 is 1.41 bits per heavy atom. The summed E-state index contributed by atoms with van der Waals surface area (Å²) in [5.74, 6) is -1.53. The second-order valence-corrected chi connectivity index (χ2v) is 5.40. The van der Waals surface area contributed by atoms with Crippen molar-refractivity contribution in [2.24, 2.45) is 0 Å². The molecule has 0 spiro atoms. The first-order valence-corrected chi connectivity index (χ1v) is 7.06. The fourth-order valence-electron chi connectivity index (χ4n) is 1.59. The van der Waals surface area contributed by atoms with Crippen LogP contribution in [0, 0.1) is 12.7 Å². The van der Waals surface area contributed by atoms with E-state index in [9.17, 15) is 14.0 Å². The van der Waals surface area contributed by atoms with Gasteiger partial charge in [0.2, 0.25) is 0 Å². The third-order valence-corrected chi connectivity index (χ3v) is 3.18. The van der Waals surface area contributed by atoms with Gasteiger partial charge in [-0.15, -0.1) is 0 Å². The number of rotatable bonds is 4. The molecule has 0 aliphatic carbocycles. The van der Waals surface area contributed by atoms with Crippen LogP contribution in [0.25, 0.3) is 0 Å². The molecule has 8 heteroatoms. The Balaban J connectivity index is 1.99. The lowest BCUT2D eigenvalue weighted by molar-refractivity contribution is -0.123. The molecule has 0 aliphatic heterocycles. The van der Waals surface area contributed by atoms with Crippen LogP contribution in [0.5, 0.6) is 0 Å². The standard InChI is InChI=1S/C14H12BrFN2O4/c1-7-5-12(18-22-7)17-13(19)8(2)21-14(20)10-4-3-9(15)6-11(10)16/h3-6,8H,1-2H3,(H,17,18,19)/t8-/m0/s1. The number of aryl methyl sites for hydroxylation is 1. The van der Waals surface area contributed by atoms with Crippen LogP contribution in [-0.2, 0) is 9.53 Å². The first kappa shape index (κ1) is 16.2. The van der Waals surface area contributed by atoms with Crippen molar-refractivity contribution < 1.29 is 23.2 Å². The minimum absolute atomic E-state index is 0.209. The molecule has 2 rings (SSSR count). The van der Waals surface area contributed by atoms with Gasteiger partial charge >= 0.3 is 5.97 Å². The molecule has 22 heavy (non-hydrogen) atoms. The van der Waals surface area contributed by atoms with Crippen molar-refractivity contribution >= 4 is 33.6 Å². The van der Waals surface area contributed by atoms with Crippen molar-refractivity contribution in [2.45, 2.75) is 20.0 Å². The molecule has 1 amide bonds. The number of anilines is 1. The maximum Gasteiger partial charge on any atom is 0.341 e. The van der Waals surface area contributed by atoms with Crippen molar-refractivity contribution in [1.29, 1.82) is 0 Å². The van der Waals surface area contributed by atoms with Gasteiger partial charge in [-0.2, -0.15) is 0 Å². The fourth-order valence-corrected chi connectivity index (χ4v) is 1.92. The number of esters is 1. The Morgan fingerprint density at radius 2 is 2.14 bits per heavy atom. The summed E-state index contributed by atoms with van der Waals surface area (Å²) in [5, 5.41) is 6.01. The maximum atomic E-state index is 13.6. The molecule has 1 N–H and O–H groups in total. The van der Waals surface area contributed by atoms with Gasteiger partial charge in [-0.1, -0.05) is 21.1 Å². The summed E-state index contributed by atoms with van der Waals surface area (Å²) in [5.41, 5.74) is -0.250. The predicted octanol–water partition coefficient (Wildman–Crippen LogP) is 3.07. The molecule has 0 saturated heterocycles. The van der Waals surface area contributed by atoms with Gasteiger partial charge in [0, 0.05) is 10.5 Å². The highest BCUT2D eigenvalue weighted by molar-refractivity contribution is 9.10. The quantitative estimate of drug-likeness (QED) is 0.836. The molecule has 1 aromatic heterocycles. The van der Waals surface area contributed by atoms with Crippen LogP contribution in [0.3, 0.4) is 0 Å². The average Bonchev–Trinajstić information content (AvgIpc) is 2.83. The van der Waals surface area contributed by atoms with E-state index in [1.165, 1.54) is 25.1 Å². The highest BCUT2D eigenvalue weighted by atomic mass is 79.9. The van der Waals surface area contributed by atoms with E-state index in [-0.39, 0.29) is 11.4 Å². The summed E-state index contributed by atoms with van der Waals surface area (Å²) in [4.78, 5) is 23.7. The van der Waals surface area contributed by atoms with E-state index < -0.39 is 23.8 Å². The zero-order valence-electron chi connectivity index (χ0n) is 11.7. The Labute approximate surface area is 133 Å². The molecule has 0 radical (unpaired) electrons. The number of halogens is 2. The number of carbonyl (C=O) groups is 2. The fraction of sp³-hybridized carbons (Fsp3) is 0.214. The summed E-state index contributed by atoms with van der Waals surface area (Å²) in [6, 6.07) is 5.43. The van der Waals surface area contributed by atoms with E-state index in [2.05, 4.69) is 26.4 Å². The predicted molar refractivity (Wildman–Crippen MR) is 78.8 cm³/mol. The van der Waals surface area contributed by atoms with Gasteiger partial charge in [-0.3, -0.25) is 4.79 Å². The van der Waals surface area contributed by atoms with Crippen molar-refractivity contribution in [2.75, 3.05) is 5.32 Å².